The highest BCUT2D eigenvalue weighted by Gasteiger charge is 2.61. The molecule has 2 unspecified atom stereocenters. The Kier molecular flexibility index (Phi) is 4.86. The van der Waals surface area contributed by atoms with E-state index < -0.39 is 0 Å². The summed E-state index contributed by atoms with van der Waals surface area (Å²) in [7, 11) is 0. The number of aromatic nitrogens is 3. The lowest BCUT2D eigenvalue weighted by molar-refractivity contribution is -0.150. The first-order chi connectivity index (χ1) is 11.2. The Morgan fingerprint density at radius 3 is 2.71 bits per heavy atom. The van der Waals surface area contributed by atoms with Crippen LogP contribution in [0.1, 0.15) is 33.5 Å². The largest absolute Gasteiger partial charge is 0.442 e. The number of carbonyl (C=O) groups excluding carboxylic acids is 1. The molecule has 0 amide bonds. The van der Waals surface area contributed by atoms with Crippen LogP contribution >= 0.6 is 0 Å². The molecule has 1 fully saturated rings. The SMILES string of the molecule is C#CCn1c(C)nn(COC(=O)C2C(C=C=C(C)C)C2(C)C)c1=O. The van der Waals surface area contributed by atoms with E-state index in [1.165, 1.54) is 4.57 Å². The number of hydrogen-bond acceptors (Lipinski definition) is 4. The molecule has 0 spiro atoms. The quantitative estimate of drug-likeness (QED) is 0.470. The van der Waals surface area contributed by atoms with E-state index in [1.807, 2.05) is 33.8 Å². The monoisotopic (exact) mass is 329 g/mol. The lowest BCUT2D eigenvalue weighted by Gasteiger charge is -2.04. The molecule has 1 aliphatic rings. The zero-order valence-electron chi connectivity index (χ0n) is 14.8. The molecule has 0 aromatic carbocycles. The minimum atomic E-state index is -0.380. The molecule has 1 aliphatic carbocycles. The fourth-order valence-corrected chi connectivity index (χ4v) is 2.82. The number of carbonyl (C=O) groups is 1. The average molecular weight is 329 g/mol. The number of hydrogen-bond donors (Lipinski definition) is 0. The summed E-state index contributed by atoms with van der Waals surface area (Å²) < 4.78 is 7.76. The molecule has 6 heteroatoms. The smallest absolute Gasteiger partial charge is 0.349 e. The number of rotatable bonds is 5. The van der Waals surface area contributed by atoms with E-state index in [-0.39, 0.29) is 42.2 Å². The highest BCUT2D eigenvalue weighted by molar-refractivity contribution is 5.78. The van der Waals surface area contributed by atoms with Crippen LogP contribution in [0.3, 0.4) is 0 Å². The Labute approximate surface area is 141 Å². The van der Waals surface area contributed by atoms with Gasteiger partial charge in [0.25, 0.3) is 0 Å². The Balaban J connectivity index is 2.05. The Morgan fingerprint density at radius 1 is 1.46 bits per heavy atom. The highest BCUT2D eigenvalue weighted by Crippen LogP contribution is 2.59. The van der Waals surface area contributed by atoms with Crippen LogP contribution in [0.15, 0.2) is 22.2 Å². The predicted octanol–water partition coefficient (Wildman–Crippen LogP) is 1.88. The van der Waals surface area contributed by atoms with Gasteiger partial charge < -0.3 is 4.74 Å². The topological polar surface area (TPSA) is 66.1 Å². The van der Waals surface area contributed by atoms with Crippen molar-refractivity contribution in [1.82, 2.24) is 14.3 Å². The van der Waals surface area contributed by atoms with E-state index in [9.17, 15) is 9.59 Å². The number of terminal acetylenes is 1. The third-order valence-corrected chi connectivity index (χ3v) is 4.40. The maximum Gasteiger partial charge on any atom is 0.349 e. The standard InChI is InChI=1S/C18H23N3O3/c1-7-10-20-13(4)19-21(17(20)23)11-24-16(22)15-14(18(15,5)6)9-8-12(2)3/h1,9,14-15H,10-11H2,2-6H3. The maximum atomic E-state index is 12.3. The predicted molar refractivity (Wildman–Crippen MR) is 89.9 cm³/mol. The molecule has 6 nitrogen and oxygen atoms in total. The van der Waals surface area contributed by atoms with Crippen LogP contribution < -0.4 is 5.69 Å². The number of allylic oxidation sites excluding steroid dienone is 1. The normalized spacial score (nSPS) is 20.7. The summed E-state index contributed by atoms with van der Waals surface area (Å²) in [5.74, 6) is 2.43. The van der Waals surface area contributed by atoms with Gasteiger partial charge in [-0.1, -0.05) is 19.8 Å². The molecule has 2 rings (SSSR count). The first kappa shape index (κ1) is 17.8. The molecule has 0 N–H and O–H groups in total. The molecule has 1 saturated carbocycles. The highest BCUT2D eigenvalue weighted by atomic mass is 16.5. The third kappa shape index (κ3) is 3.37. The van der Waals surface area contributed by atoms with E-state index in [0.717, 1.165) is 10.3 Å². The molecule has 1 aromatic heterocycles. The lowest BCUT2D eigenvalue weighted by atomic mass is 10.1. The van der Waals surface area contributed by atoms with Crippen LogP contribution in [-0.2, 0) is 22.8 Å². The van der Waals surface area contributed by atoms with E-state index in [0.29, 0.717) is 5.82 Å². The minimum Gasteiger partial charge on any atom is -0.442 e. The second-order valence-electron chi connectivity index (χ2n) is 6.85. The van der Waals surface area contributed by atoms with Crippen LogP contribution in [0.2, 0.25) is 0 Å². The second kappa shape index (κ2) is 6.54. The number of aryl methyl sites for hydroxylation is 1. The van der Waals surface area contributed by atoms with Crippen molar-refractivity contribution in [2.24, 2.45) is 17.3 Å². The molecular formula is C18H23N3O3. The van der Waals surface area contributed by atoms with Gasteiger partial charge in [-0.3, -0.25) is 9.36 Å². The van der Waals surface area contributed by atoms with Gasteiger partial charge in [0.1, 0.15) is 5.82 Å². The van der Waals surface area contributed by atoms with Crippen molar-refractivity contribution in [3.63, 3.8) is 0 Å². The van der Waals surface area contributed by atoms with E-state index in [4.69, 9.17) is 11.2 Å². The van der Waals surface area contributed by atoms with Gasteiger partial charge in [-0.25, -0.2) is 4.79 Å². The summed E-state index contributed by atoms with van der Waals surface area (Å²) in [6, 6.07) is 0. The minimum absolute atomic E-state index is 0.0948. The van der Waals surface area contributed by atoms with Crippen molar-refractivity contribution in [3.05, 3.63) is 33.7 Å². The van der Waals surface area contributed by atoms with Crippen molar-refractivity contribution in [2.45, 2.75) is 47.9 Å². The molecule has 1 aromatic rings. The van der Waals surface area contributed by atoms with Crippen LogP contribution in [0.25, 0.3) is 0 Å². The Morgan fingerprint density at radius 2 is 2.12 bits per heavy atom. The van der Waals surface area contributed by atoms with E-state index >= 15 is 0 Å². The van der Waals surface area contributed by atoms with Crippen molar-refractivity contribution < 1.29 is 9.53 Å². The maximum absolute atomic E-state index is 12.3. The van der Waals surface area contributed by atoms with Gasteiger partial charge in [0.2, 0.25) is 0 Å². The molecule has 128 valence electrons. The van der Waals surface area contributed by atoms with Gasteiger partial charge in [-0.05, 0) is 37.8 Å². The summed E-state index contributed by atoms with van der Waals surface area (Å²) in [6.45, 7) is 9.57. The summed E-state index contributed by atoms with van der Waals surface area (Å²) in [6.07, 6.45) is 7.16. The van der Waals surface area contributed by atoms with Crippen molar-refractivity contribution in [3.8, 4) is 12.3 Å². The van der Waals surface area contributed by atoms with Crippen molar-refractivity contribution >= 4 is 5.97 Å². The molecule has 0 bridgehead atoms. The average Bonchev–Trinajstić information content (AvgIpc) is 2.95. The van der Waals surface area contributed by atoms with Gasteiger partial charge in [-0.2, -0.15) is 9.78 Å². The van der Waals surface area contributed by atoms with E-state index in [1.54, 1.807) is 6.92 Å². The summed E-state index contributed by atoms with van der Waals surface area (Å²) in [5.41, 5.74) is 3.67. The fraction of sp³-hybridized carbons (Fsp3) is 0.556. The molecule has 2 atom stereocenters. The fourth-order valence-electron chi connectivity index (χ4n) is 2.82. The van der Waals surface area contributed by atoms with Crippen molar-refractivity contribution in [1.29, 1.82) is 0 Å². The number of esters is 1. The lowest BCUT2D eigenvalue weighted by Crippen LogP contribution is -2.27. The van der Waals surface area contributed by atoms with Crippen molar-refractivity contribution in [2.75, 3.05) is 0 Å². The molecular weight excluding hydrogens is 306 g/mol. The summed E-state index contributed by atoms with van der Waals surface area (Å²) in [5, 5.41) is 4.07. The molecule has 1 heterocycles. The van der Waals surface area contributed by atoms with E-state index in [2.05, 4.69) is 16.8 Å². The Bertz CT molecular complexity index is 810. The number of ether oxygens (including phenoxy) is 1. The first-order valence-corrected chi connectivity index (χ1v) is 7.84. The van der Waals surface area contributed by atoms with Crippen LogP contribution in [0, 0.1) is 36.5 Å². The number of nitrogens with zero attached hydrogens (tertiary/aromatic N) is 3. The second-order valence-corrected chi connectivity index (χ2v) is 6.85. The molecule has 24 heavy (non-hydrogen) atoms. The summed E-state index contributed by atoms with van der Waals surface area (Å²) >= 11 is 0. The first-order valence-electron chi connectivity index (χ1n) is 7.84. The molecule has 0 radical (unpaired) electrons. The van der Waals surface area contributed by atoms with Crippen LogP contribution in [-0.4, -0.2) is 20.3 Å². The van der Waals surface area contributed by atoms with Gasteiger partial charge in [0.15, 0.2) is 6.73 Å². The zero-order valence-corrected chi connectivity index (χ0v) is 14.8. The third-order valence-electron chi connectivity index (χ3n) is 4.40. The zero-order chi connectivity index (χ0) is 18.1. The Hall–Kier alpha value is -2.51. The molecule has 0 aliphatic heterocycles. The molecule has 0 saturated heterocycles. The van der Waals surface area contributed by atoms with Gasteiger partial charge >= 0.3 is 11.7 Å². The van der Waals surface area contributed by atoms with Gasteiger partial charge in [0.05, 0.1) is 12.5 Å². The van der Waals surface area contributed by atoms with Crippen LogP contribution in [0.5, 0.6) is 0 Å². The van der Waals surface area contributed by atoms with Gasteiger partial charge in [-0.15, -0.1) is 12.2 Å². The van der Waals surface area contributed by atoms with Crippen LogP contribution in [0.4, 0.5) is 0 Å². The summed E-state index contributed by atoms with van der Waals surface area (Å²) in [4.78, 5) is 24.4. The van der Waals surface area contributed by atoms with Gasteiger partial charge in [0, 0.05) is 5.92 Å².